The molecular formula is C15H22N2O4. The van der Waals surface area contributed by atoms with Gasteiger partial charge in [0.1, 0.15) is 11.9 Å². The molecule has 2 heterocycles. The van der Waals surface area contributed by atoms with Gasteiger partial charge >= 0.3 is 0 Å². The number of nitrogens with zero attached hydrogens (tertiary/aromatic N) is 2. The Morgan fingerprint density at radius 3 is 2.38 bits per heavy atom. The Bertz CT molecular complexity index is 504. The number of aryl methyl sites for hydroxylation is 1. The van der Waals surface area contributed by atoms with Crippen LogP contribution >= 0.6 is 0 Å². The molecule has 21 heavy (non-hydrogen) atoms. The predicted molar refractivity (Wildman–Crippen MR) is 77.0 cm³/mol. The van der Waals surface area contributed by atoms with E-state index in [1.165, 1.54) is 0 Å². The Balaban J connectivity index is 1.88. The average Bonchev–Trinajstić information content (AvgIpc) is 2.92. The van der Waals surface area contributed by atoms with E-state index in [1.807, 2.05) is 13.8 Å². The van der Waals surface area contributed by atoms with E-state index in [2.05, 4.69) is 0 Å². The first-order valence-electron chi connectivity index (χ1n) is 7.29. The molecule has 6 heteroatoms. The first-order chi connectivity index (χ1) is 10.0. The summed E-state index contributed by atoms with van der Waals surface area (Å²) in [7, 11) is 0. The molecule has 1 aliphatic rings. The summed E-state index contributed by atoms with van der Waals surface area (Å²) in [5, 5.41) is 0. The van der Waals surface area contributed by atoms with Crippen molar-refractivity contribution in [1.29, 1.82) is 0 Å². The highest BCUT2D eigenvalue weighted by Crippen LogP contribution is 2.12. The molecule has 6 nitrogen and oxygen atoms in total. The molecule has 116 valence electrons. The second-order valence-electron chi connectivity index (χ2n) is 5.13. The van der Waals surface area contributed by atoms with Gasteiger partial charge in [0.2, 0.25) is 0 Å². The molecule has 1 fully saturated rings. The summed E-state index contributed by atoms with van der Waals surface area (Å²) in [6, 6.07) is 3.46. The normalized spacial score (nSPS) is 16.9. The van der Waals surface area contributed by atoms with Gasteiger partial charge in [-0.15, -0.1) is 0 Å². The lowest BCUT2D eigenvalue weighted by atomic mass is 10.2. The number of piperazine rings is 1. The van der Waals surface area contributed by atoms with Gasteiger partial charge in [0.05, 0.1) is 0 Å². The van der Waals surface area contributed by atoms with Crippen LogP contribution in [-0.4, -0.2) is 60.5 Å². The van der Waals surface area contributed by atoms with E-state index in [1.54, 1.807) is 28.9 Å². The van der Waals surface area contributed by atoms with Crippen LogP contribution in [0.2, 0.25) is 0 Å². The summed E-state index contributed by atoms with van der Waals surface area (Å²) in [4.78, 5) is 27.8. The Morgan fingerprint density at radius 1 is 1.24 bits per heavy atom. The largest absolute Gasteiger partial charge is 0.456 e. The molecule has 0 N–H and O–H groups in total. The van der Waals surface area contributed by atoms with Gasteiger partial charge in [-0.05, 0) is 32.9 Å². The summed E-state index contributed by atoms with van der Waals surface area (Å²) < 4.78 is 10.7. The van der Waals surface area contributed by atoms with Gasteiger partial charge in [-0.2, -0.15) is 0 Å². The molecule has 2 rings (SSSR count). The number of hydrogen-bond acceptors (Lipinski definition) is 4. The summed E-state index contributed by atoms with van der Waals surface area (Å²) in [6.07, 6.45) is -0.426. The van der Waals surface area contributed by atoms with E-state index >= 15 is 0 Å². The van der Waals surface area contributed by atoms with Crippen LogP contribution in [0.1, 0.15) is 30.2 Å². The highest BCUT2D eigenvalue weighted by Gasteiger charge is 2.28. The zero-order valence-corrected chi connectivity index (χ0v) is 12.8. The molecule has 0 spiro atoms. The van der Waals surface area contributed by atoms with Crippen molar-refractivity contribution in [2.24, 2.45) is 0 Å². The fourth-order valence-electron chi connectivity index (χ4n) is 2.41. The molecule has 1 atom stereocenters. The van der Waals surface area contributed by atoms with Gasteiger partial charge in [-0.3, -0.25) is 9.59 Å². The van der Waals surface area contributed by atoms with Crippen LogP contribution in [0.25, 0.3) is 0 Å². The first-order valence-corrected chi connectivity index (χ1v) is 7.29. The molecule has 0 bridgehead atoms. The second-order valence-corrected chi connectivity index (χ2v) is 5.13. The second kappa shape index (κ2) is 6.76. The highest BCUT2D eigenvalue weighted by molar-refractivity contribution is 5.91. The van der Waals surface area contributed by atoms with E-state index in [0.717, 1.165) is 5.76 Å². The highest BCUT2D eigenvalue weighted by atomic mass is 16.5. The number of hydrogen-bond donors (Lipinski definition) is 0. The lowest BCUT2D eigenvalue weighted by molar-refractivity contribution is -0.143. The Morgan fingerprint density at radius 2 is 1.86 bits per heavy atom. The lowest BCUT2D eigenvalue weighted by Gasteiger charge is -2.35. The number of furan rings is 1. The molecule has 1 aromatic heterocycles. The third-order valence-corrected chi connectivity index (χ3v) is 3.59. The molecule has 0 saturated carbocycles. The minimum Gasteiger partial charge on any atom is -0.456 e. The van der Waals surface area contributed by atoms with Crippen molar-refractivity contribution < 1.29 is 18.7 Å². The zero-order chi connectivity index (χ0) is 15.4. The van der Waals surface area contributed by atoms with E-state index in [0.29, 0.717) is 38.5 Å². The van der Waals surface area contributed by atoms with E-state index < -0.39 is 6.10 Å². The van der Waals surface area contributed by atoms with Crippen molar-refractivity contribution in [1.82, 2.24) is 9.80 Å². The molecule has 0 aliphatic carbocycles. The van der Waals surface area contributed by atoms with Gasteiger partial charge in [0.15, 0.2) is 5.76 Å². The SMILES string of the molecule is CCO[C@@H](C)C(=O)N1CCN(C(=O)c2ccc(C)o2)CC1. The van der Waals surface area contributed by atoms with Gasteiger partial charge in [0.25, 0.3) is 11.8 Å². The fraction of sp³-hybridized carbons (Fsp3) is 0.600. The van der Waals surface area contributed by atoms with Crippen molar-refractivity contribution in [2.75, 3.05) is 32.8 Å². The molecule has 0 unspecified atom stereocenters. The van der Waals surface area contributed by atoms with Crippen molar-refractivity contribution >= 4 is 11.8 Å². The maximum atomic E-state index is 12.2. The van der Waals surface area contributed by atoms with Crippen LogP contribution in [0.4, 0.5) is 0 Å². The third kappa shape index (κ3) is 3.64. The third-order valence-electron chi connectivity index (χ3n) is 3.59. The van der Waals surface area contributed by atoms with Crippen LogP contribution in [0.15, 0.2) is 16.5 Å². The van der Waals surface area contributed by atoms with E-state index in [9.17, 15) is 9.59 Å². The standard InChI is InChI=1S/C15H22N2O4/c1-4-20-12(3)14(18)16-7-9-17(10-8-16)15(19)13-6-5-11(2)21-13/h5-6,12H,4,7-10H2,1-3H3/t12-/m0/s1. The molecule has 0 radical (unpaired) electrons. The van der Waals surface area contributed by atoms with Crippen LogP contribution in [0.3, 0.4) is 0 Å². The van der Waals surface area contributed by atoms with Crippen LogP contribution in [0.5, 0.6) is 0 Å². The number of carbonyl (C=O) groups is 2. The minimum absolute atomic E-state index is 0.0159. The zero-order valence-electron chi connectivity index (χ0n) is 12.8. The lowest BCUT2D eigenvalue weighted by Crippen LogP contribution is -2.52. The van der Waals surface area contributed by atoms with E-state index in [4.69, 9.17) is 9.15 Å². The summed E-state index contributed by atoms with van der Waals surface area (Å²) in [5.74, 6) is 0.943. The molecule has 1 aromatic rings. The van der Waals surface area contributed by atoms with E-state index in [-0.39, 0.29) is 11.8 Å². The van der Waals surface area contributed by atoms with Gasteiger partial charge in [-0.1, -0.05) is 0 Å². The van der Waals surface area contributed by atoms with Gasteiger partial charge in [-0.25, -0.2) is 0 Å². The topological polar surface area (TPSA) is 63.0 Å². The quantitative estimate of drug-likeness (QED) is 0.839. The monoisotopic (exact) mass is 294 g/mol. The molecular weight excluding hydrogens is 272 g/mol. The van der Waals surface area contributed by atoms with Crippen LogP contribution < -0.4 is 0 Å². The van der Waals surface area contributed by atoms with Crippen LogP contribution in [-0.2, 0) is 9.53 Å². The van der Waals surface area contributed by atoms with Crippen molar-refractivity contribution in [3.05, 3.63) is 23.7 Å². The summed E-state index contributed by atoms with van der Waals surface area (Å²) >= 11 is 0. The molecule has 2 amide bonds. The van der Waals surface area contributed by atoms with Crippen LogP contribution in [0, 0.1) is 6.92 Å². The Labute approximate surface area is 124 Å². The predicted octanol–water partition coefficient (Wildman–Crippen LogP) is 1.30. The first kappa shape index (κ1) is 15.6. The smallest absolute Gasteiger partial charge is 0.289 e. The number of ether oxygens (including phenoxy) is 1. The maximum Gasteiger partial charge on any atom is 0.289 e. The number of amides is 2. The minimum atomic E-state index is -0.426. The van der Waals surface area contributed by atoms with Crippen molar-refractivity contribution in [3.8, 4) is 0 Å². The molecule has 1 aliphatic heterocycles. The Hall–Kier alpha value is -1.82. The fourth-order valence-corrected chi connectivity index (χ4v) is 2.41. The van der Waals surface area contributed by atoms with Gasteiger partial charge < -0.3 is 19.0 Å². The number of rotatable bonds is 4. The summed E-state index contributed by atoms with van der Waals surface area (Å²) in [6.45, 7) is 8.04. The summed E-state index contributed by atoms with van der Waals surface area (Å²) in [5.41, 5.74) is 0. The average molecular weight is 294 g/mol. The van der Waals surface area contributed by atoms with Crippen molar-refractivity contribution in [3.63, 3.8) is 0 Å². The van der Waals surface area contributed by atoms with Crippen molar-refractivity contribution in [2.45, 2.75) is 26.9 Å². The number of carbonyl (C=O) groups excluding carboxylic acids is 2. The van der Waals surface area contributed by atoms with Gasteiger partial charge in [0, 0.05) is 32.8 Å². The molecule has 0 aromatic carbocycles. The molecule has 1 saturated heterocycles. The maximum absolute atomic E-state index is 12.2. The Kier molecular flexibility index (Phi) is 5.01.